The molecule has 0 saturated heterocycles. The molecule has 0 aliphatic heterocycles. The van der Waals surface area contributed by atoms with Crippen LogP contribution in [-0.2, 0) is 0 Å². The predicted molar refractivity (Wildman–Crippen MR) is 111 cm³/mol. The minimum absolute atomic E-state index is 0.146. The van der Waals surface area contributed by atoms with Crippen molar-refractivity contribution < 1.29 is 14.5 Å². The first-order valence-corrected chi connectivity index (χ1v) is 9.27. The van der Waals surface area contributed by atoms with Crippen molar-refractivity contribution in [3.63, 3.8) is 0 Å². The van der Waals surface area contributed by atoms with Gasteiger partial charge in [0.15, 0.2) is 0 Å². The van der Waals surface area contributed by atoms with Gasteiger partial charge in [0.05, 0.1) is 24.9 Å². The molecule has 0 saturated carbocycles. The Morgan fingerprint density at radius 1 is 1.32 bits per heavy atom. The predicted octanol–water partition coefficient (Wildman–Crippen LogP) is 3.97. The number of hydrogen-bond donors (Lipinski definition) is 1. The van der Waals surface area contributed by atoms with Crippen LogP contribution in [0.15, 0.2) is 41.5 Å². The van der Waals surface area contributed by atoms with E-state index in [2.05, 4.69) is 55.7 Å². The topological polar surface area (TPSA) is 93.8 Å². The van der Waals surface area contributed by atoms with Crippen molar-refractivity contribution >= 4 is 63.0 Å². The maximum Gasteiger partial charge on any atom is 0.271 e. The van der Waals surface area contributed by atoms with E-state index < -0.39 is 10.8 Å². The van der Waals surface area contributed by atoms with Gasteiger partial charge in [0.25, 0.3) is 11.6 Å². The summed E-state index contributed by atoms with van der Waals surface area (Å²) < 4.78 is 7.45. The first kappa shape index (κ1) is 19.6. The summed E-state index contributed by atoms with van der Waals surface area (Å²) in [7, 11) is 0. The second-order valence-corrected chi connectivity index (χ2v) is 7.08. The second kappa shape index (κ2) is 9.08. The molecule has 0 atom stereocenters. The van der Waals surface area contributed by atoms with Gasteiger partial charge in [0, 0.05) is 17.7 Å². The van der Waals surface area contributed by atoms with Crippen LogP contribution >= 0.6 is 45.2 Å². The van der Waals surface area contributed by atoms with E-state index in [0.29, 0.717) is 6.61 Å². The SMILES string of the molecule is CCOc1c(I)cc(/C=N\NC(=O)c2cccc([N+](=O)[O-])c2)cc1I. The Kier molecular flexibility index (Phi) is 7.11. The fourth-order valence-electron chi connectivity index (χ4n) is 1.93. The zero-order valence-electron chi connectivity index (χ0n) is 13.0. The van der Waals surface area contributed by atoms with Crippen molar-refractivity contribution in [2.75, 3.05) is 6.61 Å². The van der Waals surface area contributed by atoms with Crippen LogP contribution in [0.3, 0.4) is 0 Å². The monoisotopic (exact) mass is 565 g/mol. The molecule has 0 bridgehead atoms. The zero-order chi connectivity index (χ0) is 18.4. The number of amides is 1. The number of benzene rings is 2. The highest BCUT2D eigenvalue weighted by atomic mass is 127. The molecule has 25 heavy (non-hydrogen) atoms. The Hall–Kier alpha value is -1.76. The summed E-state index contributed by atoms with van der Waals surface area (Å²) in [5.74, 6) is 0.303. The van der Waals surface area contributed by atoms with Crippen molar-refractivity contribution in [3.8, 4) is 5.75 Å². The number of hydrogen-bond acceptors (Lipinski definition) is 5. The van der Waals surface area contributed by atoms with Crippen molar-refractivity contribution in [1.82, 2.24) is 5.43 Å². The third-order valence-electron chi connectivity index (χ3n) is 3.01. The highest BCUT2D eigenvalue weighted by molar-refractivity contribution is 14.1. The van der Waals surface area contributed by atoms with Gasteiger partial charge in [-0.05, 0) is 75.9 Å². The molecule has 0 heterocycles. The molecule has 2 aromatic rings. The standard InChI is InChI=1S/C16H13I2N3O4/c1-2-25-15-13(17)6-10(7-14(15)18)9-19-20-16(22)11-4-3-5-12(8-11)21(23)24/h3-9H,2H2,1H3,(H,20,22)/b19-9-. The molecule has 1 N–H and O–H groups in total. The third-order valence-corrected chi connectivity index (χ3v) is 4.61. The van der Waals surface area contributed by atoms with Crippen LogP contribution in [0.1, 0.15) is 22.8 Å². The van der Waals surface area contributed by atoms with Gasteiger partial charge in [-0.2, -0.15) is 5.10 Å². The minimum atomic E-state index is -0.552. The lowest BCUT2D eigenvalue weighted by Gasteiger charge is -2.09. The van der Waals surface area contributed by atoms with E-state index in [9.17, 15) is 14.9 Å². The minimum Gasteiger partial charge on any atom is -0.492 e. The number of halogens is 2. The molecule has 130 valence electrons. The number of carbonyl (C=O) groups excluding carboxylic acids is 1. The quantitative estimate of drug-likeness (QED) is 0.249. The molecule has 2 rings (SSSR count). The Balaban J connectivity index is 2.09. The number of hydrazone groups is 1. The number of ether oxygens (including phenoxy) is 1. The van der Waals surface area contributed by atoms with E-state index in [1.165, 1.54) is 30.5 Å². The van der Waals surface area contributed by atoms with Gasteiger partial charge in [-0.3, -0.25) is 14.9 Å². The number of non-ortho nitro benzene ring substituents is 1. The molecule has 1 amide bonds. The van der Waals surface area contributed by atoms with E-state index >= 15 is 0 Å². The van der Waals surface area contributed by atoms with Crippen LogP contribution in [0, 0.1) is 17.3 Å². The highest BCUT2D eigenvalue weighted by Crippen LogP contribution is 2.28. The summed E-state index contributed by atoms with van der Waals surface area (Å²) in [6, 6.07) is 9.24. The molecule has 0 spiro atoms. The average molecular weight is 565 g/mol. The molecule has 9 heteroatoms. The van der Waals surface area contributed by atoms with Crippen LogP contribution in [-0.4, -0.2) is 23.7 Å². The van der Waals surface area contributed by atoms with Crippen LogP contribution in [0.2, 0.25) is 0 Å². The number of rotatable bonds is 6. The fraction of sp³-hybridized carbons (Fsp3) is 0.125. The maximum absolute atomic E-state index is 12.0. The number of nitro benzene ring substituents is 1. The first-order chi connectivity index (χ1) is 11.9. The van der Waals surface area contributed by atoms with Crippen LogP contribution in [0.5, 0.6) is 5.75 Å². The normalized spacial score (nSPS) is 10.7. The number of nitrogens with one attached hydrogen (secondary N) is 1. The van der Waals surface area contributed by atoms with E-state index in [1.54, 1.807) is 0 Å². The first-order valence-electron chi connectivity index (χ1n) is 7.12. The van der Waals surface area contributed by atoms with Crippen molar-refractivity contribution in [2.24, 2.45) is 5.10 Å². The summed E-state index contributed by atoms with van der Waals surface area (Å²) in [5, 5.41) is 14.7. The van der Waals surface area contributed by atoms with E-state index in [4.69, 9.17) is 4.74 Å². The number of nitrogens with zero attached hydrogens (tertiary/aromatic N) is 2. The van der Waals surface area contributed by atoms with E-state index in [0.717, 1.165) is 18.5 Å². The smallest absolute Gasteiger partial charge is 0.271 e. The highest BCUT2D eigenvalue weighted by Gasteiger charge is 2.11. The van der Waals surface area contributed by atoms with Gasteiger partial charge < -0.3 is 4.74 Å². The molecule has 0 radical (unpaired) electrons. The number of carbonyl (C=O) groups is 1. The largest absolute Gasteiger partial charge is 0.492 e. The van der Waals surface area contributed by atoms with Crippen molar-refractivity contribution in [1.29, 1.82) is 0 Å². The average Bonchev–Trinajstić information content (AvgIpc) is 2.58. The molecule has 0 unspecified atom stereocenters. The number of nitro groups is 1. The van der Waals surface area contributed by atoms with Gasteiger partial charge in [0.1, 0.15) is 5.75 Å². The summed E-state index contributed by atoms with van der Waals surface area (Å²) in [5.41, 5.74) is 3.19. The van der Waals surface area contributed by atoms with Gasteiger partial charge in [-0.1, -0.05) is 6.07 Å². The van der Waals surface area contributed by atoms with Gasteiger partial charge >= 0.3 is 0 Å². The van der Waals surface area contributed by atoms with Crippen molar-refractivity contribution in [3.05, 3.63) is 64.8 Å². The molecular weight excluding hydrogens is 552 g/mol. The molecule has 0 aromatic heterocycles. The molecule has 0 fully saturated rings. The Bertz CT molecular complexity index is 817. The third kappa shape index (κ3) is 5.36. The van der Waals surface area contributed by atoms with Gasteiger partial charge in [0.2, 0.25) is 0 Å². The van der Waals surface area contributed by atoms with Crippen LogP contribution < -0.4 is 10.2 Å². The van der Waals surface area contributed by atoms with E-state index in [1.807, 2.05) is 19.1 Å². The lowest BCUT2D eigenvalue weighted by molar-refractivity contribution is -0.384. The Morgan fingerprint density at radius 2 is 2.00 bits per heavy atom. The molecule has 2 aromatic carbocycles. The van der Waals surface area contributed by atoms with Gasteiger partial charge in [-0.25, -0.2) is 5.43 Å². The van der Waals surface area contributed by atoms with Crippen molar-refractivity contribution in [2.45, 2.75) is 6.92 Å². The van der Waals surface area contributed by atoms with Gasteiger partial charge in [-0.15, -0.1) is 0 Å². The summed E-state index contributed by atoms with van der Waals surface area (Å²) in [4.78, 5) is 22.2. The summed E-state index contributed by atoms with van der Waals surface area (Å²) >= 11 is 4.35. The summed E-state index contributed by atoms with van der Waals surface area (Å²) in [6.07, 6.45) is 1.51. The fourth-order valence-corrected chi connectivity index (χ4v) is 4.05. The Labute approximate surface area is 171 Å². The molecule has 0 aliphatic rings. The maximum atomic E-state index is 12.0. The zero-order valence-corrected chi connectivity index (χ0v) is 17.3. The molecule has 7 nitrogen and oxygen atoms in total. The lowest BCUT2D eigenvalue weighted by atomic mass is 10.2. The molecule has 0 aliphatic carbocycles. The van der Waals surface area contributed by atoms with Crippen LogP contribution in [0.4, 0.5) is 5.69 Å². The summed E-state index contributed by atoms with van der Waals surface area (Å²) in [6.45, 7) is 2.50. The second-order valence-electron chi connectivity index (χ2n) is 4.75. The Morgan fingerprint density at radius 3 is 2.60 bits per heavy atom. The van der Waals surface area contributed by atoms with Crippen LogP contribution in [0.25, 0.3) is 0 Å². The lowest BCUT2D eigenvalue weighted by Crippen LogP contribution is -2.17. The molecular formula is C16H13I2N3O4. The van der Waals surface area contributed by atoms with E-state index in [-0.39, 0.29) is 11.3 Å².